The van der Waals surface area contributed by atoms with Gasteiger partial charge in [-0.15, -0.1) is 0 Å². The third-order valence-corrected chi connectivity index (χ3v) is 4.97. The van der Waals surface area contributed by atoms with E-state index in [0.717, 1.165) is 0 Å². The average molecular weight is 397 g/mol. The van der Waals surface area contributed by atoms with E-state index in [1.165, 1.54) is 18.2 Å². The fourth-order valence-electron chi connectivity index (χ4n) is 3.47. The third kappa shape index (κ3) is 3.71. The number of carbonyl (C=O) groups is 2. The van der Waals surface area contributed by atoms with Crippen molar-refractivity contribution < 1.29 is 24.0 Å². The summed E-state index contributed by atoms with van der Waals surface area (Å²) in [5.74, 6) is 0.648. The number of rotatable bonds is 4. The molecule has 0 saturated carbocycles. The lowest BCUT2D eigenvalue weighted by atomic mass is 10.1. The molecule has 2 amide bonds. The van der Waals surface area contributed by atoms with Crippen LogP contribution in [0.2, 0.25) is 0 Å². The van der Waals surface area contributed by atoms with E-state index in [1.54, 1.807) is 30.0 Å². The highest BCUT2D eigenvalue weighted by Gasteiger charge is 2.32. The highest BCUT2D eigenvalue weighted by Crippen LogP contribution is 2.35. The Labute approximate surface area is 166 Å². The third-order valence-electron chi connectivity index (χ3n) is 4.97. The molecule has 2 aliphatic rings. The number of hydrogen-bond donors (Lipinski definition) is 1. The number of nitro benzene ring substituents is 1. The zero-order valence-electron chi connectivity index (χ0n) is 15.7. The number of anilines is 1. The van der Waals surface area contributed by atoms with Gasteiger partial charge >= 0.3 is 0 Å². The average Bonchev–Trinajstić information content (AvgIpc) is 3.07. The van der Waals surface area contributed by atoms with E-state index in [1.807, 2.05) is 0 Å². The topological polar surface area (TPSA) is 111 Å². The van der Waals surface area contributed by atoms with Gasteiger partial charge in [0.05, 0.1) is 11.0 Å². The van der Waals surface area contributed by atoms with Gasteiger partial charge in [-0.25, -0.2) is 0 Å². The lowest BCUT2D eigenvalue weighted by molar-refractivity contribution is -0.385. The molecular weight excluding hydrogens is 378 g/mol. The maximum absolute atomic E-state index is 12.5. The minimum atomic E-state index is -0.519. The van der Waals surface area contributed by atoms with Crippen molar-refractivity contribution in [3.63, 3.8) is 0 Å². The summed E-state index contributed by atoms with van der Waals surface area (Å²) < 4.78 is 11.1. The lowest BCUT2D eigenvalue weighted by Gasteiger charge is -2.22. The first-order chi connectivity index (χ1) is 13.9. The molecule has 1 atom stereocenters. The van der Waals surface area contributed by atoms with Crippen LogP contribution < -0.4 is 19.7 Å². The molecule has 150 valence electrons. The molecule has 9 heteroatoms. The van der Waals surface area contributed by atoms with Gasteiger partial charge in [-0.3, -0.25) is 19.7 Å². The molecule has 2 aromatic carbocycles. The maximum atomic E-state index is 12.5. The van der Waals surface area contributed by atoms with Gasteiger partial charge in [0.15, 0.2) is 11.5 Å². The van der Waals surface area contributed by atoms with Gasteiger partial charge in [-0.2, -0.15) is 0 Å². The van der Waals surface area contributed by atoms with E-state index in [4.69, 9.17) is 9.47 Å². The molecule has 0 aromatic heterocycles. The number of nitrogens with zero attached hydrogens (tertiary/aromatic N) is 2. The van der Waals surface area contributed by atoms with Crippen LogP contribution in [-0.2, 0) is 4.79 Å². The SMILES string of the molecule is Cc1ccc(C(=O)N[C@H]2CC(=O)N(c3ccc4c(c3)OCCO4)C2)cc1[N+](=O)[O-]. The fourth-order valence-corrected chi connectivity index (χ4v) is 3.47. The molecular formula is C20H19N3O6. The summed E-state index contributed by atoms with van der Waals surface area (Å²) in [6.45, 7) is 2.85. The maximum Gasteiger partial charge on any atom is 0.273 e. The summed E-state index contributed by atoms with van der Waals surface area (Å²) in [6, 6.07) is 9.21. The number of hydrogen-bond acceptors (Lipinski definition) is 6. The molecule has 0 unspecified atom stereocenters. The first-order valence-electron chi connectivity index (χ1n) is 9.18. The molecule has 29 heavy (non-hydrogen) atoms. The van der Waals surface area contributed by atoms with Gasteiger partial charge in [-0.05, 0) is 25.1 Å². The van der Waals surface area contributed by atoms with Crippen LogP contribution in [0.1, 0.15) is 22.3 Å². The number of aryl methyl sites for hydroxylation is 1. The second-order valence-corrected chi connectivity index (χ2v) is 6.97. The Kier molecular flexibility index (Phi) is 4.79. The predicted molar refractivity (Wildman–Crippen MR) is 103 cm³/mol. The van der Waals surface area contributed by atoms with Gasteiger partial charge in [0.25, 0.3) is 11.6 Å². The number of nitro groups is 1. The molecule has 2 aliphatic heterocycles. The quantitative estimate of drug-likeness (QED) is 0.625. The van der Waals surface area contributed by atoms with Crippen LogP contribution in [0.4, 0.5) is 11.4 Å². The van der Waals surface area contributed by atoms with Crippen molar-refractivity contribution in [1.82, 2.24) is 5.32 Å². The highest BCUT2D eigenvalue weighted by atomic mass is 16.6. The molecule has 9 nitrogen and oxygen atoms in total. The van der Waals surface area contributed by atoms with Crippen molar-refractivity contribution in [3.8, 4) is 11.5 Å². The molecule has 1 N–H and O–H groups in total. The molecule has 2 aromatic rings. The van der Waals surface area contributed by atoms with Crippen molar-refractivity contribution in [2.75, 3.05) is 24.7 Å². The van der Waals surface area contributed by atoms with Crippen LogP contribution in [0.15, 0.2) is 36.4 Å². The number of ether oxygens (including phenoxy) is 2. The Balaban J connectivity index is 1.46. The highest BCUT2D eigenvalue weighted by molar-refractivity contribution is 5.99. The van der Waals surface area contributed by atoms with Crippen molar-refractivity contribution in [2.24, 2.45) is 0 Å². The van der Waals surface area contributed by atoms with E-state index in [0.29, 0.717) is 42.5 Å². The van der Waals surface area contributed by atoms with Crippen LogP contribution in [0, 0.1) is 17.0 Å². The Morgan fingerprint density at radius 1 is 1.17 bits per heavy atom. The predicted octanol–water partition coefficient (Wildman–Crippen LogP) is 2.21. The van der Waals surface area contributed by atoms with Gasteiger partial charge in [-0.1, -0.05) is 6.07 Å². The van der Waals surface area contributed by atoms with Crippen LogP contribution >= 0.6 is 0 Å². The number of benzene rings is 2. The Morgan fingerprint density at radius 3 is 2.69 bits per heavy atom. The smallest absolute Gasteiger partial charge is 0.273 e. The van der Waals surface area contributed by atoms with E-state index in [2.05, 4.69) is 5.32 Å². The van der Waals surface area contributed by atoms with E-state index >= 15 is 0 Å². The van der Waals surface area contributed by atoms with Gasteiger partial charge in [0.2, 0.25) is 5.91 Å². The minimum absolute atomic E-state index is 0.113. The number of carbonyl (C=O) groups excluding carboxylic acids is 2. The van der Waals surface area contributed by atoms with Crippen LogP contribution in [0.3, 0.4) is 0 Å². The lowest BCUT2D eigenvalue weighted by Crippen LogP contribution is -2.37. The van der Waals surface area contributed by atoms with Crippen molar-refractivity contribution >= 4 is 23.2 Å². The normalized spacial score (nSPS) is 17.9. The summed E-state index contributed by atoms with van der Waals surface area (Å²) in [5.41, 5.74) is 1.22. The van der Waals surface area contributed by atoms with Crippen molar-refractivity contribution in [1.29, 1.82) is 0 Å². The van der Waals surface area contributed by atoms with Crippen LogP contribution in [-0.4, -0.2) is 42.5 Å². The molecule has 4 rings (SSSR count). The first-order valence-corrected chi connectivity index (χ1v) is 9.18. The summed E-state index contributed by atoms with van der Waals surface area (Å²) in [4.78, 5) is 37.2. The Hall–Kier alpha value is -3.62. The van der Waals surface area contributed by atoms with Crippen LogP contribution in [0.25, 0.3) is 0 Å². The zero-order chi connectivity index (χ0) is 20.5. The van der Waals surface area contributed by atoms with Gasteiger partial charge in [0, 0.05) is 41.9 Å². The summed E-state index contributed by atoms with van der Waals surface area (Å²) in [7, 11) is 0. The Morgan fingerprint density at radius 2 is 1.93 bits per heavy atom. The summed E-state index contributed by atoms with van der Waals surface area (Å²) in [5, 5.41) is 13.9. The van der Waals surface area contributed by atoms with Crippen LogP contribution in [0.5, 0.6) is 11.5 Å². The molecule has 1 saturated heterocycles. The van der Waals surface area contributed by atoms with Crippen molar-refractivity contribution in [2.45, 2.75) is 19.4 Å². The minimum Gasteiger partial charge on any atom is -0.486 e. The number of amides is 2. The number of fused-ring (bicyclic) bond motifs is 1. The summed E-state index contributed by atoms with van der Waals surface area (Å²) >= 11 is 0. The van der Waals surface area contributed by atoms with E-state index in [9.17, 15) is 19.7 Å². The Bertz CT molecular complexity index is 1010. The standard InChI is InChI=1S/C20H19N3O6/c1-12-2-3-13(8-16(12)23(26)27)20(25)21-14-9-19(24)22(11-14)15-4-5-17-18(10-15)29-7-6-28-17/h2-5,8,10,14H,6-7,9,11H2,1H3,(H,21,25)/t14-/m0/s1. The molecule has 0 aliphatic carbocycles. The molecule has 0 bridgehead atoms. The van der Waals surface area contributed by atoms with Gasteiger partial charge < -0.3 is 19.7 Å². The molecule has 0 spiro atoms. The fraction of sp³-hybridized carbons (Fsp3) is 0.300. The van der Waals surface area contributed by atoms with Gasteiger partial charge in [0.1, 0.15) is 13.2 Å². The number of nitrogens with one attached hydrogen (secondary N) is 1. The molecule has 1 fully saturated rings. The first kappa shape index (κ1) is 18.7. The van der Waals surface area contributed by atoms with E-state index in [-0.39, 0.29) is 23.6 Å². The van der Waals surface area contributed by atoms with E-state index < -0.39 is 16.9 Å². The summed E-state index contributed by atoms with van der Waals surface area (Å²) in [6.07, 6.45) is 0.147. The second-order valence-electron chi connectivity index (χ2n) is 6.97. The molecule has 2 heterocycles. The zero-order valence-corrected chi connectivity index (χ0v) is 15.7. The monoisotopic (exact) mass is 397 g/mol. The molecule has 0 radical (unpaired) electrons. The second kappa shape index (κ2) is 7.42. The van der Waals surface area contributed by atoms with Crippen molar-refractivity contribution in [3.05, 3.63) is 57.6 Å². The largest absolute Gasteiger partial charge is 0.486 e.